The average Bonchev–Trinajstić information content (AvgIpc) is 2.67. The summed E-state index contributed by atoms with van der Waals surface area (Å²) in [7, 11) is 0. The Kier molecular flexibility index (Phi) is 7.72. The van der Waals surface area contributed by atoms with E-state index in [9.17, 15) is 9.59 Å². The van der Waals surface area contributed by atoms with Crippen LogP contribution in [0.5, 0.6) is 5.75 Å². The Labute approximate surface area is 162 Å². The lowest BCUT2D eigenvalue weighted by Gasteiger charge is -2.13. The van der Waals surface area contributed by atoms with Gasteiger partial charge in [0.2, 0.25) is 0 Å². The average molecular weight is 387 g/mol. The number of benzene rings is 2. The predicted octanol–water partition coefficient (Wildman–Crippen LogP) is 1.93. The van der Waals surface area contributed by atoms with Crippen molar-refractivity contribution < 1.29 is 19.4 Å². The van der Waals surface area contributed by atoms with Crippen molar-refractivity contribution in [1.29, 1.82) is 0 Å². The molecule has 0 aliphatic carbocycles. The van der Waals surface area contributed by atoms with Gasteiger partial charge in [-0.25, -0.2) is 0 Å². The Morgan fingerprint density at radius 2 is 1.89 bits per heavy atom. The molecule has 0 fully saturated rings. The second kappa shape index (κ2) is 10.2. The summed E-state index contributed by atoms with van der Waals surface area (Å²) in [4.78, 5) is 24.5. The third-order valence-electron chi connectivity index (χ3n) is 3.45. The van der Waals surface area contributed by atoms with Gasteiger partial charge in [-0.3, -0.25) is 14.9 Å². The number of aliphatic hydroxyl groups excluding tert-OH is 1. The van der Waals surface area contributed by atoms with Crippen molar-refractivity contribution >= 4 is 34.8 Å². The number of nitrogens with one attached hydrogen (secondary N) is 3. The maximum absolute atomic E-state index is 12.4. The van der Waals surface area contributed by atoms with Crippen LogP contribution in [-0.4, -0.2) is 41.8 Å². The summed E-state index contributed by atoms with van der Waals surface area (Å²) in [6, 6.07) is 13.5. The molecule has 0 heterocycles. The van der Waals surface area contributed by atoms with Crippen LogP contribution in [0.3, 0.4) is 0 Å². The van der Waals surface area contributed by atoms with Gasteiger partial charge in [-0.15, -0.1) is 0 Å². The zero-order valence-corrected chi connectivity index (χ0v) is 15.6. The minimum Gasteiger partial charge on any atom is -0.494 e. The number of aliphatic hydroxyl groups is 1. The molecule has 7 nitrogen and oxygen atoms in total. The summed E-state index contributed by atoms with van der Waals surface area (Å²) >= 11 is 5.18. The van der Waals surface area contributed by atoms with E-state index in [0.717, 1.165) is 0 Å². The van der Waals surface area contributed by atoms with Crippen LogP contribution in [0.2, 0.25) is 0 Å². The molecule has 0 saturated heterocycles. The molecule has 0 unspecified atom stereocenters. The van der Waals surface area contributed by atoms with Crippen molar-refractivity contribution in [2.24, 2.45) is 0 Å². The molecule has 0 aliphatic rings. The van der Waals surface area contributed by atoms with E-state index in [2.05, 4.69) is 16.0 Å². The van der Waals surface area contributed by atoms with E-state index in [1.54, 1.807) is 48.5 Å². The van der Waals surface area contributed by atoms with E-state index >= 15 is 0 Å². The summed E-state index contributed by atoms with van der Waals surface area (Å²) in [5.41, 5.74) is 1.20. The van der Waals surface area contributed by atoms with Gasteiger partial charge in [-0.05, 0) is 49.5 Å². The van der Waals surface area contributed by atoms with Gasteiger partial charge < -0.3 is 20.5 Å². The van der Waals surface area contributed by atoms with Crippen molar-refractivity contribution in [1.82, 2.24) is 10.6 Å². The van der Waals surface area contributed by atoms with Gasteiger partial charge in [-0.2, -0.15) is 0 Å². The number of para-hydroxylation sites is 1. The van der Waals surface area contributed by atoms with Crippen LogP contribution in [0.25, 0.3) is 0 Å². The molecule has 2 rings (SSSR count). The molecule has 4 N–H and O–H groups in total. The van der Waals surface area contributed by atoms with Gasteiger partial charge in [0.25, 0.3) is 11.8 Å². The van der Waals surface area contributed by atoms with Crippen LogP contribution in [0.15, 0.2) is 48.5 Å². The van der Waals surface area contributed by atoms with E-state index in [1.807, 2.05) is 6.92 Å². The molecule has 2 amide bonds. The summed E-state index contributed by atoms with van der Waals surface area (Å²) in [5, 5.41) is 16.9. The zero-order chi connectivity index (χ0) is 19.6. The summed E-state index contributed by atoms with van der Waals surface area (Å²) < 4.78 is 5.38. The fourth-order valence-corrected chi connectivity index (χ4v) is 2.48. The summed E-state index contributed by atoms with van der Waals surface area (Å²) in [6.07, 6.45) is 0. The number of hydrogen-bond donors (Lipinski definition) is 4. The van der Waals surface area contributed by atoms with Gasteiger partial charge in [0, 0.05) is 12.1 Å². The number of thiocarbonyl (C=S) groups is 1. The van der Waals surface area contributed by atoms with Crippen LogP contribution >= 0.6 is 12.2 Å². The molecular weight excluding hydrogens is 366 g/mol. The van der Waals surface area contributed by atoms with Gasteiger partial charge in [-0.1, -0.05) is 18.2 Å². The molecule has 2 aromatic carbocycles. The standard InChI is InChI=1S/C19H21N3O4S/c1-2-26-14-7-5-6-13(12-14)17(24)22-19(27)21-16-9-4-3-8-15(16)18(25)20-10-11-23/h3-9,12,23H,2,10-11H2,1H3,(H,20,25)(H2,21,22,24,27). The lowest BCUT2D eigenvalue weighted by atomic mass is 10.1. The number of carbonyl (C=O) groups excluding carboxylic acids is 2. The Hall–Kier alpha value is -2.97. The smallest absolute Gasteiger partial charge is 0.257 e. The first-order chi connectivity index (χ1) is 13.0. The third kappa shape index (κ3) is 6.05. The summed E-state index contributed by atoms with van der Waals surface area (Å²) in [6.45, 7) is 2.35. The molecule has 2 aromatic rings. The molecule has 8 heteroatoms. The van der Waals surface area contributed by atoms with Crippen LogP contribution in [-0.2, 0) is 0 Å². The number of amides is 2. The lowest BCUT2D eigenvalue weighted by Crippen LogP contribution is -2.35. The number of hydrogen-bond acceptors (Lipinski definition) is 5. The zero-order valence-electron chi connectivity index (χ0n) is 14.8. The Morgan fingerprint density at radius 3 is 2.63 bits per heavy atom. The van der Waals surface area contributed by atoms with Crippen LogP contribution in [0, 0.1) is 0 Å². The largest absolute Gasteiger partial charge is 0.494 e. The Morgan fingerprint density at radius 1 is 1.11 bits per heavy atom. The van der Waals surface area contributed by atoms with Gasteiger partial charge in [0.15, 0.2) is 5.11 Å². The minimum absolute atomic E-state index is 0.0595. The van der Waals surface area contributed by atoms with Crippen molar-refractivity contribution in [2.45, 2.75) is 6.92 Å². The molecule has 0 atom stereocenters. The SMILES string of the molecule is CCOc1cccc(C(=O)NC(=S)Nc2ccccc2C(=O)NCCO)c1. The van der Waals surface area contributed by atoms with Crippen molar-refractivity contribution in [3.63, 3.8) is 0 Å². The molecule has 0 aromatic heterocycles. The molecular formula is C19H21N3O4S. The van der Waals surface area contributed by atoms with E-state index in [1.165, 1.54) is 0 Å². The maximum Gasteiger partial charge on any atom is 0.257 e. The first-order valence-electron chi connectivity index (χ1n) is 8.38. The highest BCUT2D eigenvalue weighted by Gasteiger charge is 2.13. The van der Waals surface area contributed by atoms with E-state index in [4.69, 9.17) is 22.1 Å². The molecule has 0 spiro atoms. The molecule has 27 heavy (non-hydrogen) atoms. The first kappa shape index (κ1) is 20.3. The topological polar surface area (TPSA) is 99.7 Å². The highest BCUT2D eigenvalue weighted by Crippen LogP contribution is 2.16. The normalized spacial score (nSPS) is 10.0. The Bertz CT molecular complexity index is 826. The fourth-order valence-electron chi connectivity index (χ4n) is 2.28. The van der Waals surface area contributed by atoms with Gasteiger partial charge >= 0.3 is 0 Å². The second-order valence-corrected chi connectivity index (χ2v) is 5.80. The van der Waals surface area contributed by atoms with Crippen LogP contribution < -0.4 is 20.7 Å². The van der Waals surface area contributed by atoms with Crippen LogP contribution in [0.1, 0.15) is 27.6 Å². The van der Waals surface area contributed by atoms with Gasteiger partial charge in [0.1, 0.15) is 5.75 Å². The Balaban J connectivity index is 2.04. The van der Waals surface area contributed by atoms with Crippen molar-refractivity contribution in [2.75, 3.05) is 25.1 Å². The molecule has 142 valence electrons. The molecule has 0 aliphatic heterocycles. The van der Waals surface area contributed by atoms with E-state index in [-0.39, 0.29) is 24.2 Å². The fraction of sp³-hybridized carbons (Fsp3) is 0.211. The lowest BCUT2D eigenvalue weighted by molar-refractivity contribution is 0.0944. The third-order valence-corrected chi connectivity index (χ3v) is 3.66. The molecule has 0 bridgehead atoms. The molecule has 0 radical (unpaired) electrons. The summed E-state index contributed by atoms with van der Waals surface area (Å²) in [5.74, 6) is -0.156. The van der Waals surface area contributed by atoms with E-state index < -0.39 is 5.91 Å². The second-order valence-electron chi connectivity index (χ2n) is 5.39. The van der Waals surface area contributed by atoms with Crippen molar-refractivity contribution in [3.05, 3.63) is 59.7 Å². The quantitative estimate of drug-likeness (QED) is 0.542. The van der Waals surface area contributed by atoms with E-state index in [0.29, 0.717) is 29.2 Å². The monoisotopic (exact) mass is 387 g/mol. The molecule has 0 saturated carbocycles. The van der Waals surface area contributed by atoms with Crippen LogP contribution in [0.4, 0.5) is 5.69 Å². The number of anilines is 1. The predicted molar refractivity (Wildman–Crippen MR) is 107 cm³/mol. The highest BCUT2D eigenvalue weighted by atomic mass is 32.1. The van der Waals surface area contributed by atoms with Crippen molar-refractivity contribution in [3.8, 4) is 5.75 Å². The maximum atomic E-state index is 12.4. The minimum atomic E-state index is -0.392. The van der Waals surface area contributed by atoms with Gasteiger partial charge in [0.05, 0.1) is 24.5 Å². The number of ether oxygens (including phenoxy) is 1. The first-order valence-corrected chi connectivity index (χ1v) is 8.79. The number of rotatable bonds is 7. The highest BCUT2D eigenvalue weighted by molar-refractivity contribution is 7.80. The number of carbonyl (C=O) groups is 2.